The van der Waals surface area contributed by atoms with Crippen LogP contribution in [0.1, 0.15) is 13.8 Å². The molecule has 1 aromatic rings. The molecule has 8 heteroatoms. The number of hydroxylamine groups is 1. The molecule has 7 nitrogen and oxygen atoms in total. The number of amides is 2. The number of alkyl carbamates (subject to hydrolysis) is 1. The normalized spacial score (nSPS) is 10.1. The molecule has 0 unspecified atom stereocenters. The number of nitrogens with zero attached hydrogens (tertiary/aromatic N) is 1. The number of carbonyl (C=O) groups is 2. The SMILES string of the molecule is CC(C)OC(=O)NCCOC(=O)N(O)c1ccc(Br)cc1. The third-order valence-corrected chi connectivity index (χ3v) is 2.71. The second-order valence-electron chi connectivity index (χ2n) is 4.28. The molecule has 0 saturated carbocycles. The summed E-state index contributed by atoms with van der Waals surface area (Å²) in [5, 5.41) is 12.4. The topological polar surface area (TPSA) is 88.1 Å². The number of carbonyl (C=O) groups excluding carboxylic acids is 2. The van der Waals surface area contributed by atoms with Gasteiger partial charge in [0.25, 0.3) is 0 Å². The van der Waals surface area contributed by atoms with E-state index in [1.807, 2.05) is 0 Å². The molecule has 0 bridgehead atoms. The summed E-state index contributed by atoms with van der Waals surface area (Å²) in [5.74, 6) is 0. The van der Waals surface area contributed by atoms with Crippen molar-refractivity contribution in [2.45, 2.75) is 20.0 Å². The summed E-state index contributed by atoms with van der Waals surface area (Å²) >= 11 is 3.24. The van der Waals surface area contributed by atoms with Gasteiger partial charge < -0.3 is 14.8 Å². The van der Waals surface area contributed by atoms with Crippen molar-refractivity contribution in [2.75, 3.05) is 18.2 Å². The number of benzene rings is 1. The molecule has 0 radical (unpaired) electrons. The summed E-state index contributed by atoms with van der Waals surface area (Å²) in [4.78, 5) is 22.7. The summed E-state index contributed by atoms with van der Waals surface area (Å²) in [6.45, 7) is 3.45. The standard InChI is InChI=1S/C13H17BrN2O5/c1-9(2)21-12(17)15-7-8-20-13(18)16(19)11-5-3-10(14)4-6-11/h3-6,9,19H,7-8H2,1-2H3,(H,15,17). The zero-order valence-electron chi connectivity index (χ0n) is 11.7. The van der Waals surface area contributed by atoms with Gasteiger partial charge in [-0.15, -0.1) is 0 Å². The summed E-state index contributed by atoms with van der Waals surface area (Å²) in [5.41, 5.74) is 0.273. The Morgan fingerprint density at radius 3 is 2.52 bits per heavy atom. The molecule has 0 spiro atoms. The average molecular weight is 361 g/mol. The molecule has 21 heavy (non-hydrogen) atoms. The Balaban J connectivity index is 2.30. The Labute approximate surface area is 130 Å². The van der Waals surface area contributed by atoms with E-state index in [1.54, 1.807) is 38.1 Å². The maximum atomic E-state index is 11.5. The smallest absolute Gasteiger partial charge is 0.438 e. The zero-order valence-corrected chi connectivity index (χ0v) is 13.3. The molecule has 0 heterocycles. The number of rotatable bonds is 5. The minimum Gasteiger partial charge on any atom is -0.447 e. The van der Waals surface area contributed by atoms with Crippen LogP contribution in [0.25, 0.3) is 0 Å². The minimum atomic E-state index is -0.934. The van der Waals surface area contributed by atoms with Crippen molar-refractivity contribution in [1.29, 1.82) is 0 Å². The maximum absolute atomic E-state index is 11.5. The van der Waals surface area contributed by atoms with E-state index in [2.05, 4.69) is 21.2 Å². The van der Waals surface area contributed by atoms with Gasteiger partial charge in [0.1, 0.15) is 6.61 Å². The molecule has 0 atom stereocenters. The molecule has 0 aliphatic carbocycles. The second kappa shape index (κ2) is 8.48. The Morgan fingerprint density at radius 1 is 1.33 bits per heavy atom. The van der Waals surface area contributed by atoms with Crippen LogP contribution in [0.2, 0.25) is 0 Å². The summed E-state index contributed by atoms with van der Waals surface area (Å²) in [6, 6.07) is 6.44. The van der Waals surface area contributed by atoms with Crippen molar-refractivity contribution in [2.24, 2.45) is 0 Å². The van der Waals surface area contributed by atoms with Crippen LogP contribution >= 0.6 is 15.9 Å². The van der Waals surface area contributed by atoms with Gasteiger partial charge in [0.2, 0.25) is 0 Å². The number of hydrogen-bond donors (Lipinski definition) is 2. The van der Waals surface area contributed by atoms with Crippen LogP contribution in [0.4, 0.5) is 15.3 Å². The predicted octanol–water partition coefficient (Wildman–Crippen LogP) is 2.92. The van der Waals surface area contributed by atoms with Crippen molar-refractivity contribution >= 4 is 33.8 Å². The summed E-state index contributed by atoms with van der Waals surface area (Å²) in [7, 11) is 0. The second-order valence-corrected chi connectivity index (χ2v) is 5.20. The average Bonchev–Trinajstić information content (AvgIpc) is 2.42. The number of anilines is 1. The lowest BCUT2D eigenvalue weighted by molar-refractivity contribution is 0.105. The molecule has 2 N–H and O–H groups in total. The van der Waals surface area contributed by atoms with Gasteiger partial charge in [-0.25, -0.2) is 9.59 Å². The van der Waals surface area contributed by atoms with Gasteiger partial charge >= 0.3 is 12.2 Å². The highest BCUT2D eigenvalue weighted by atomic mass is 79.9. The molecule has 116 valence electrons. The number of ether oxygens (including phenoxy) is 2. The third kappa shape index (κ3) is 6.46. The molecule has 0 fully saturated rings. The number of halogens is 1. The van der Waals surface area contributed by atoms with E-state index in [4.69, 9.17) is 9.47 Å². The van der Waals surface area contributed by atoms with Gasteiger partial charge in [0.15, 0.2) is 0 Å². The molecular weight excluding hydrogens is 344 g/mol. The highest BCUT2D eigenvalue weighted by molar-refractivity contribution is 9.10. The monoisotopic (exact) mass is 360 g/mol. The van der Waals surface area contributed by atoms with Crippen molar-refractivity contribution in [3.8, 4) is 0 Å². The van der Waals surface area contributed by atoms with Gasteiger partial charge in [-0.2, -0.15) is 5.06 Å². The fourth-order valence-corrected chi connectivity index (χ4v) is 1.56. The van der Waals surface area contributed by atoms with Crippen LogP contribution in [0.15, 0.2) is 28.7 Å². The molecule has 1 aromatic carbocycles. The first-order valence-corrected chi connectivity index (χ1v) is 7.05. The number of nitrogens with one attached hydrogen (secondary N) is 1. The van der Waals surface area contributed by atoms with Crippen LogP contribution in [-0.2, 0) is 9.47 Å². The predicted molar refractivity (Wildman–Crippen MR) is 79.4 cm³/mol. The Hall–Kier alpha value is -1.80. The first-order chi connectivity index (χ1) is 9.90. The Bertz CT molecular complexity index is 478. The molecule has 0 aliphatic heterocycles. The van der Waals surface area contributed by atoms with E-state index < -0.39 is 12.2 Å². The van der Waals surface area contributed by atoms with Crippen molar-refractivity contribution < 1.29 is 24.3 Å². The lowest BCUT2D eigenvalue weighted by atomic mass is 10.3. The first-order valence-electron chi connectivity index (χ1n) is 6.26. The highest BCUT2D eigenvalue weighted by Gasteiger charge is 2.14. The van der Waals surface area contributed by atoms with Crippen molar-refractivity contribution in [3.63, 3.8) is 0 Å². The molecule has 1 rings (SSSR count). The van der Waals surface area contributed by atoms with E-state index in [0.29, 0.717) is 5.06 Å². The minimum absolute atomic E-state index is 0.0837. The number of hydrogen-bond acceptors (Lipinski definition) is 5. The van der Waals surface area contributed by atoms with Crippen molar-refractivity contribution in [3.05, 3.63) is 28.7 Å². The van der Waals surface area contributed by atoms with Crippen LogP contribution in [-0.4, -0.2) is 36.6 Å². The van der Waals surface area contributed by atoms with Crippen LogP contribution < -0.4 is 10.4 Å². The molecule has 2 amide bonds. The van der Waals surface area contributed by atoms with Gasteiger partial charge in [0, 0.05) is 4.47 Å². The Morgan fingerprint density at radius 2 is 1.95 bits per heavy atom. The highest BCUT2D eigenvalue weighted by Crippen LogP contribution is 2.17. The molecule has 0 aliphatic rings. The van der Waals surface area contributed by atoms with Gasteiger partial charge in [-0.3, -0.25) is 5.21 Å². The Kier molecular flexibility index (Phi) is 6.97. The zero-order chi connectivity index (χ0) is 15.8. The largest absolute Gasteiger partial charge is 0.447 e. The summed E-state index contributed by atoms with van der Waals surface area (Å²) < 4.78 is 10.4. The van der Waals surface area contributed by atoms with Crippen LogP contribution in [0.5, 0.6) is 0 Å². The molecule has 0 saturated heterocycles. The first kappa shape index (κ1) is 17.3. The van der Waals surface area contributed by atoms with E-state index in [9.17, 15) is 14.8 Å². The fourth-order valence-electron chi connectivity index (χ4n) is 1.30. The van der Waals surface area contributed by atoms with E-state index >= 15 is 0 Å². The third-order valence-electron chi connectivity index (χ3n) is 2.18. The quantitative estimate of drug-likeness (QED) is 0.478. The lowest BCUT2D eigenvalue weighted by Gasteiger charge is -2.15. The maximum Gasteiger partial charge on any atom is 0.438 e. The van der Waals surface area contributed by atoms with Crippen LogP contribution in [0.3, 0.4) is 0 Å². The summed E-state index contributed by atoms with van der Waals surface area (Å²) in [6.07, 6.45) is -1.75. The molecular formula is C13H17BrN2O5. The van der Waals surface area contributed by atoms with Gasteiger partial charge in [-0.1, -0.05) is 15.9 Å². The van der Waals surface area contributed by atoms with Gasteiger partial charge in [0.05, 0.1) is 18.3 Å². The lowest BCUT2D eigenvalue weighted by Crippen LogP contribution is -2.33. The van der Waals surface area contributed by atoms with E-state index in [-0.39, 0.29) is 24.9 Å². The van der Waals surface area contributed by atoms with Crippen LogP contribution in [0, 0.1) is 0 Å². The molecule has 0 aromatic heterocycles. The van der Waals surface area contributed by atoms with E-state index in [0.717, 1.165) is 4.47 Å². The van der Waals surface area contributed by atoms with E-state index in [1.165, 1.54) is 0 Å². The van der Waals surface area contributed by atoms with Gasteiger partial charge in [-0.05, 0) is 38.1 Å². The van der Waals surface area contributed by atoms with Crippen molar-refractivity contribution in [1.82, 2.24) is 5.32 Å². The fraction of sp³-hybridized carbons (Fsp3) is 0.385.